The Morgan fingerprint density at radius 2 is 1.63 bits per heavy atom. The van der Waals surface area contributed by atoms with Crippen LogP contribution in [0.1, 0.15) is 44.2 Å². The van der Waals surface area contributed by atoms with Crippen LogP contribution in [0.3, 0.4) is 0 Å². The molecule has 0 aliphatic rings. The first-order valence-corrected chi connectivity index (χ1v) is 15.9. The number of nitrogens with zero attached hydrogens (tertiary/aromatic N) is 2. The van der Waals surface area contributed by atoms with Gasteiger partial charge in [-0.3, -0.25) is 13.9 Å². The number of unbranched alkanes of at least 4 members (excludes halogenated alkanes) is 1. The number of nitrogens with one attached hydrogen (secondary N) is 1. The summed E-state index contributed by atoms with van der Waals surface area (Å²) >= 11 is 18.3. The molecular formula is C30H34Cl3N3O4S. The molecular weight excluding hydrogens is 605 g/mol. The fourth-order valence-corrected chi connectivity index (χ4v) is 6.16. The lowest BCUT2D eigenvalue weighted by Gasteiger charge is -2.33. The molecule has 0 saturated heterocycles. The number of hydrogen-bond donors (Lipinski definition) is 1. The summed E-state index contributed by atoms with van der Waals surface area (Å²) in [5, 5.41) is 3.96. The van der Waals surface area contributed by atoms with Crippen LogP contribution in [0.15, 0.2) is 71.6 Å². The highest BCUT2D eigenvalue weighted by molar-refractivity contribution is 7.92. The molecule has 0 aliphatic carbocycles. The zero-order chi connectivity index (χ0) is 30.2. The summed E-state index contributed by atoms with van der Waals surface area (Å²) in [6.45, 7) is 5.63. The standard InChI is InChI=1S/C30H34Cl3N3O4S/c1-4-6-16-34-30(38)28(5-2)35(19-22-10-15-26(32)27(33)18-22)29(37)20-36(24-9-7-8-21(3)17-24)41(39,40)25-13-11-23(31)12-14-25/h7-15,17-18,28H,4-6,16,19-20H2,1-3H3,(H,34,38)/t28-/m1/s1. The lowest BCUT2D eigenvalue weighted by atomic mass is 10.1. The van der Waals surface area contributed by atoms with E-state index in [9.17, 15) is 18.0 Å². The molecule has 0 radical (unpaired) electrons. The van der Waals surface area contributed by atoms with E-state index in [-0.39, 0.29) is 17.3 Å². The van der Waals surface area contributed by atoms with Gasteiger partial charge in [0.15, 0.2) is 0 Å². The minimum atomic E-state index is -4.18. The topological polar surface area (TPSA) is 86.8 Å². The van der Waals surface area contributed by atoms with E-state index in [1.54, 1.807) is 36.4 Å². The third-order valence-electron chi connectivity index (χ3n) is 6.52. The second kappa shape index (κ2) is 14.9. The fraction of sp³-hybridized carbons (Fsp3) is 0.333. The van der Waals surface area contributed by atoms with Crippen molar-refractivity contribution in [2.24, 2.45) is 0 Å². The van der Waals surface area contributed by atoms with Gasteiger partial charge in [-0.2, -0.15) is 0 Å². The average Bonchev–Trinajstić information content (AvgIpc) is 2.93. The zero-order valence-electron chi connectivity index (χ0n) is 23.2. The Balaban J connectivity index is 2.05. The van der Waals surface area contributed by atoms with Gasteiger partial charge >= 0.3 is 0 Å². The fourth-order valence-electron chi connectivity index (χ4n) is 4.31. The molecule has 2 amide bonds. The minimum Gasteiger partial charge on any atom is -0.354 e. The largest absolute Gasteiger partial charge is 0.354 e. The molecule has 3 rings (SSSR count). The number of amides is 2. The Morgan fingerprint density at radius 3 is 2.24 bits per heavy atom. The van der Waals surface area contributed by atoms with E-state index in [2.05, 4.69) is 5.32 Å². The molecule has 3 aromatic rings. The van der Waals surface area contributed by atoms with Gasteiger partial charge in [0.2, 0.25) is 11.8 Å². The van der Waals surface area contributed by atoms with Crippen molar-refractivity contribution in [1.82, 2.24) is 10.2 Å². The summed E-state index contributed by atoms with van der Waals surface area (Å²) in [5.41, 5.74) is 1.79. The number of carbonyl (C=O) groups is 2. The molecule has 1 atom stereocenters. The van der Waals surface area contributed by atoms with Crippen LogP contribution in [0.25, 0.3) is 0 Å². The molecule has 11 heteroatoms. The molecule has 7 nitrogen and oxygen atoms in total. The maximum Gasteiger partial charge on any atom is 0.264 e. The molecule has 0 aromatic heterocycles. The van der Waals surface area contributed by atoms with Crippen LogP contribution in [0.2, 0.25) is 15.1 Å². The SMILES string of the molecule is CCCCNC(=O)[C@@H](CC)N(Cc1ccc(Cl)c(Cl)c1)C(=O)CN(c1cccc(C)c1)S(=O)(=O)c1ccc(Cl)cc1. The third kappa shape index (κ3) is 8.61. The maximum absolute atomic E-state index is 14.1. The van der Waals surface area contributed by atoms with Crippen LogP contribution in [0.5, 0.6) is 0 Å². The van der Waals surface area contributed by atoms with Crippen molar-refractivity contribution >= 4 is 62.3 Å². The molecule has 1 N–H and O–H groups in total. The van der Waals surface area contributed by atoms with Gasteiger partial charge < -0.3 is 10.2 Å². The molecule has 0 fully saturated rings. The maximum atomic E-state index is 14.1. The highest BCUT2D eigenvalue weighted by Gasteiger charge is 2.33. The molecule has 0 aliphatic heterocycles. The third-order valence-corrected chi connectivity index (χ3v) is 9.30. The van der Waals surface area contributed by atoms with E-state index in [0.29, 0.717) is 39.3 Å². The number of sulfonamides is 1. The van der Waals surface area contributed by atoms with Gasteiger partial charge in [-0.05, 0) is 79.4 Å². The van der Waals surface area contributed by atoms with Crippen molar-refractivity contribution in [2.45, 2.75) is 57.5 Å². The predicted octanol–water partition coefficient (Wildman–Crippen LogP) is 6.87. The first-order valence-electron chi connectivity index (χ1n) is 13.3. The van der Waals surface area contributed by atoms with E-state index >= 15 is 0 Å². The van der Waals surface area contributed by atoms with Gasteiger partial charge in [-0.15, -0.1) is 0 Å². The Morgan fingerprint density at radius 1 is 0.927 bits per heavy atom. The van der Waals surface area contributed by atoms with Crippen molar-refractivity contribution in [2.75, 3.05) is 17.4 Å². The van der Waals surface area contributed by atoms with E-state index in [4.69, 9.17) is 34.8 Å². The van der Waals surface area contributed by atoms with E-state index in [1.165, 1.54) is 29.2 Å². The van der Waals surface area contributed by atoms with Gasteiger partial charge in [0.1, 0.15) is 12.6 Å². The summed E-state index contributed by atoms with van der Waals surface area (Å²) in [5.74, 6) is -0.857. The number of benzene rings is 3. The summed E-state index contributed by atoms with van der Waals surface area (Å²) in [6.07, 6.45) is 2.01. The second-order valence-electron chi connectivity index (χ2n) is 9.64. The van der Waals surface area contributed by atoms with Crippen LogP contribution in [-0.2, 0) is 26.2 Å². The van der Waals surface area contributed by atoms with E-state index in [1.807, 2.05) is 26.8 Å². The summed E-state index contributed by atoms with van der Waals surface area (Å²) in [7, 11) is -4.18. The van der Waals surface area contributed by atoms with Crippen LogP contribution in [0.4, 0.5) is 5.69 Å². The number of halogens is 3. The smallest absolute Gasteiger partial charge is 0.264 e. The Kier molecular flexibility index (Phi) is 11.9. The molecule has 0 spiro atoms. The number of anilines is 1. The second-order valence-corrected chi connectivity index (χ2v) is 12.8. The van der Waals surface area contributed by atoms with Gasteiger partial charge in [-0.25, -0.2) is 8.42 Å². The number of carbonyl (C=O) groups excluding carboxylic acids is 2. The summed E-state index contributed by atoms with van der Waals surface area (Å²) in [4.78, 5) is 28.7. The van der Waals surface area contributed by atoms with Gasteiger partial charge in [0.25, 0.3) is 10.0 Å². The average molecular weight is 639 g/mol. The van der Waals surface area contributed by atoms with Gasteiger partial charge in [0.05, 0.1) is 20.6 Å². The Hall–Kier alpha value is -2.78. The Bertz CT molecular complexity index is 1470. The van der Waals surface area contributed by atoms with Crippen molar-refractivity contribution < 1.29 is 18.0 Å². The van der Waals surface area contributed by atoms with Crippen LogP contribution in [0, 0.1) is 6.92 Å². The lowest BCUT2D eigenvalue weighted by molar-refractivity contribution is -0.140. The number of hydrogen-bond acceptors (Lipinski definition) is 4. The van der Waals surface area contributed by atoms with Gasteiger partial charge in [0, 0.05) is 18.1 Å². The number of rotatable bonds is 13. The van der Waals surface area contributed by atoms with Crippen molar-refractivity contribution in [3.63, 3.8) is 0 Å². The molecule has 220 valence electrons. The lowest BCUT2D eigenvalue weighted by Crippen LogP contribution is -2.52. The van der Waals surface area contributed by atoms with Crippen molar-refractivity contribution in [1.29, 1.82) is 0 Å². The number of aryl methyl sites for hydroxylation is 1. The molecule has 41 heavy (non-hydrogen) atoms. The molecule has 0 heterocycles. The minimum absolute atomic E-state index is 0.0170. The van der Waals surface area contributed by atoms with E-state index < -0.39 is 28.5 Å². The molecule has 0 bridgehead atoms. The molecule has 0 saturated carbocycles. The summed E-state index contributed by atoms with van der Waals surface area (Å²) < 4.78 is 28.9. The Labute approximate surface area is 257 Å². The predicted molar refractivity (Wildman–Crippen MR) is 166 cm³/mol. The normalized spacial score (nSPS) is 12.0. The highest BCUT2D eigenvalue weighted by atomic mass is 35.5. The van der Waals surface area contributed by atoms with Crippen molar-refractivity contribution in [3.05, 3.63) is 92.9 Å². The van der Waals surface area contributed by atoms with Gasteiger partial charge in [-0.1, -0.05) is 73.3 Å². The first kappa shape index (κ1) is 32.7. The van der Waals surface area contributed by atoms with E-state index in [0.717, 1.165) is 22.7 Å². The molecule has 0 unspecified atom stereocenters. The van der Waals surface area contributed by atoms with Crippen LogP contribution < -0.4 is 9.62 Å². The van der Waals surface area contributed by atoms with Crippen LogP contribution >= 0.6 is 34.8 Å². The monoisotopic (exact) mass is 637 g/mol. The zero-order valence-corrected chi connectivity index (χ0v) is 26.3. The molecule has 3 aromatic carbocycles. The first-order chi connectivity index (χ1) is 19.5. The summed E-state index contributed by atoms with van der Waals surface area (Å²) in [6, 6.07) is 16.8. The van der Waals surface area contributed by atoms with Crippen molar-refractivity contribution in [3.8, 4) is 0 Å². The highest BCUT2D eigenvalue weighted by Crippen LogP contribution is 2.27. The quantitative estimate of drug-likeness (QED) is 0.207. The van der Waals surface area contributed by atoms with Crippen LogP contribution in [-0.4, -0.2) is 44.3 Å².